The van der Waals surface area contributed by atoms with Gasteiger partial charge in [-0.3, -0.25) is 9.48 Å². The van der Waals surface area contributed by atoms with E-state index in [4.69, 9.17) is 4.74 Å². The number of nitrogens with zero attached hydrogens (tertiary/aromatic N) is 2. The van der Waals surface area contributed by atoms with Crippen molar-refractivity contribution in [3.63, 3.8) is 0 Å². The Kier molecular flexibility index (Phi) is 4.06. The van der Waals surface area contributed by atoms with Crippen LogP contribution in [0.15, 0.2) is 12.3 Å². The number of ether oxygens (including phenoxy) is 1. The molecule has 0 saturated heterocycles. The van der Waals surface area contributed by atoms with Crippen molar-refractivity contribution < 1.29 is 9.53 Å². The van der Waals surface area contributed by atoms with Crippen molar-refractivity contribution in [3.8, 4) is 0 Å². The lowest BCUT2D eigenvalue weighted by molar-refractivity contribution is -0.155. The Morgan fingerprint density at radius 2 is 2.25 bits per heavy atom. The van der Waals surface area contributed by atoms with Crippen molar-refractivity contribution >= 4 is 5.97 Å². The van der Waals surface area contributed by atoms with E-state index in [0.717, 1.165) is 5.69 Å². The average Bonchev–Trinajstić information content (AvgIpc) is 2.49. The summed E-state index contributed by atoms with van der Waals surface area (Å²) in [6.45, 7) is 6.39. The standard InChI is InChI=1S/C11H19N3O2/c1-11(2,3)16-10(15)8-14-6-5-9(13-14)7-12-4/h5-6,12H,7-8H2,1-4H3. The van der Waals surface area contributed by atoms with Gasteiger partial charge in [-0.05, 0) is 33.9 Å². The first-order chi connectivity index (χ1) is 7.40. The van der Waals surface area contributed by atoms with Crippen LogP contribution in [0.1, 0.15) is 26.5 Å². The van der Waals surface area contributed by atoms with Crippen LogP contribution in [0.4, 0.5) is 0 Å². The molecular formula is C11H19N3O2. The Hall–Kier alpha value is -1.36. The Balaban J connectivity index is 2.50. The molecule has 0 atom stereocenters. The van der Waals surface area contributed by atoms with Crippen LogP contribution in [0.25, 0.3) is 0 Å². The number of esters is 1. The van der Waals surface area contributed by atoms with Crippen LogP contribution >= 0.6 is 0 Å². The average molecular weight is 225 g/mol. The van der Waals surface area contributed by atoms with Crippen molar-refractivity contribution in [3.05, 3.63) is 18.0 Å². The Bertz CT molecular complexity index is 352. The maximum atomic E-state index is 11.5. The van der Waals surface area contributed by atoms with Gasteiger partial charge in [-0.2, -0.15) is 5.10 Å². The fourth-order valence-electron chi connectivity index (χ4n) is 1.27. The molecule has 1 aromatic heterocycles. The van der Waals surface area contributed by atoms with Crippen molar-refractivity contribution in [2.45, 2.75) is 39.5 Å². The first-order valence-corrected chi connectivity index (χ1v) is 5.29. The predicted molar refractivity (Wildman–Crippen MR) is 60.8 cm³/mol. The summed E-state index contributed by atoms with van der Waals surface area (Å²) in [6, 6.07) is 1.88. The molecule has 0 aliphatic rings. The molecule has 0 aliphatic carbocycles. The van der Waals surface area contributed by atoms with E-state index in [1.165, 1.54) is 0 Å². The summed E-state index contributed by atoms with van der Waals surface area (Å²) in [5.74, 6) is -0.272. The lowest BCUT2D eigenvalue weighted by Gasteiger charge is -2.19. The molecule has 5 heteroatoms. The van der Waals surface area contributed by atoms with Crippen molar-refractivity contribution in [2.24, 2.45) is 0 Å². The van der Waals surface area contributed by atoms with Gasteiger partial charge in [0.05, 0.1) is 5.69 Å². The molecule has 0 saturated carbocycles. The SMILES string of the molecule is CNCc1ccn(CC(=O)OC(C)(C)C)n1. The van der Waals surface area contributed by atoms with Crippen LogP contribution in [0.3, 0.4) is 0 Å². The van der Waals surface area contributed by atoms with Crippen LogP contribution < -0.4 is 5.32 Å². The highest BCUT2D eigenvalue weighted by Gasteiger charge is 2.16. The Morgan fingerprint density at radius 1 is 1.56 bits per heavy atom. The van der Waals surface area contributed by atoms with Gasteiger partial charge >= 0.3 is 5.97 Å². The van der Waals surface area contributed by atoms with Gasteiger partial charge in [0.15, 0.2) is 0 Å². The molecule has 0 amide bonds. The molecule has 1 N–H and O–H groups in total. The van der Waals surface area contributed by atoms with Gasteiger partial charge in [-0.1, -0.05) is 0 Å². The Labute approximate surface area is 95.8 Å². The van der Waals surface area contributed by atoms with E-state index in [0.29, 0.717) is 6.54 Å². The highest BCUT2D eigenvalue weighted by Crippen LogP contribution is 2.07. The lowest BCUT2D eigenvalue weighted by Crippen LogP contribution is -2.26. The number of rotatable bonds is 4. The first-order valence-electron chi connectivity index (χ1n) is 5.29. The minimum absolute atomic E-state index is 0.154. The summed E-state index contributed by atoms with van der Waals surface area (Å²) < 4.78 is 6.78. The molecule has 0 aliphatic heterocycles. The van der Waals surface area contributed by atoms with Gasteiger partial charge in [0.1, 0.15) is 12.1 Å². The molecule has 1 rings (SSSR count). The van der Waals surface area contributed by atoms with Gasteiger partial charge in [-0.25, -0.2) is 0 Å². The summed E-state index contributed by atoms with van der Waals surface area (Å²) >= 11 is 0. The zero-order chi connectivity index (χ0) is 12.2. The number of hydrogen-bond donors (Lipinski definition) is 1. The van der Waals surface area contributed by atoms with Crippen LogP contribution in [0, 0.1) is 0 Å². The molecule has 0 aromatic carbocycles. The zero-order valence-electron chi connectivity index (χ0n) is 10.3. The molecule has 0 radical (unpaired) electrons. The summed E-state index contributed by atoms with van der Waals surface area (Å²) in [5.41, 5.74) is 0.462. The second-order valence-corrected chi connectivity index (χ2v) is 4.62. The summed E-state index contributed by atoms with van der Waals surface area (Å²) in [4.78, 5) is 11.5. The van der Waals surface area contributed by atoms with Gasteiger partial charge in [0.25, 0.3) is 0 Å². The number of nitrogens with one attached hydrogen (secondary N) is 1. The molecule has 0 spiro atoms. The molecular weight excluding hydrogens is 206 g/mol. The van der Waals surface area contributed by atoms with E-state index < -0.39 is 5.60 Å². The van der Waals surface area contributed by atoms with Crippen LogP contribution in [0.2, 0.25) is 0 Å². The molecule has 16 heavy (non-hydrogen) atoms. The van der Waals surface area contributed by atoms with Crippen LogP contribution in [-0.2, 0) is 22.6 Å². The normalized spacial score (nSPS) is 11.5. The van der Waals surface area contributed by atoms with E-state index in [2.05, 4.69) is 10.4 Å². The molecule has 0 unspecified atom stereocenters. The van der Waals surface area contributed by atoms with Crippen molar-refractivity contribution in [2.75, 3.05) is 7.05 Å². The molecule has 5 nitrogen and oxygen atoms in total. The second-order valence-electron chi connectivity index (χ2n) is 4.62. The van der Waals surface area contributed by atoms with E-state index in [-0.39, 0.29) is 12.5 Å². The number of hydrogen-bond acceptors (Lipinski definition) is 4. The predicted octanol–water partition coefficient (Wildman–Crippen LogP) is 0.944. The third-order valence-electron chi connectivity index (χ3n) is 1.76. The third-order valence-corrected chi connectivity index (χ3v) is 1.76. The summed E-state index contributed by atoms with van der Waals surface area (Å²) in [5, 5.41) is 7.22. The zero-order valence-corrected chi connectivity index (χ0v) is 10.3. The molecule has 90 valence electrons. The quantitative estimate of drug-likeness (QED) is 0.775. The summed E-state index contributed by atoms with van der Waals surface area (Å²) in [6.07, 6.45) is 1.77. The number of aromatic nitrogens is 2. The van der Waals surface area contributed by atoms with Crippen molar-refractivity contribution in [1.82, 2.24) is 15.1 Å². The maximum Gasteiger partial charge on any atom is 0.328 e. The topological polar surface area (TPSA) is 56.2 Å². The minimum Gasteiger partial charge on any atom is -0.459 e. The second kappa shape index (κ2) is 5.12. The fourth-order valence-corrected chi connectivity index (χ4v) is 1.27. The molecule has 1 aromatic rings. The largest absolute Gasteiger partial charge is 0.459 e. The molecule has 1 heterocycles. The van der Waals surface area contributed by atoms with Gasteiger partial charge in [0.2, 0.25) is 0 Å². The van der Waals surface area contributed by atoms with E-state index in [1.807, 2.05) is 33.9 Å². The fraction of sp³-hybridized carbons (Fsp3) is 0.636. The minimum atomic E-state index is -0.446. The summed E-state index contributed by atoms with van der Waals surface area (Å²) in [7, 11) is 1.85. The molecule has 0 fully saturated rings. The number of carbonyl (C=O) groups excluding carboxylic acids is 1. The highest BCUT2D eigenvalue weighted by molar-refractivity contribution is 5.69. The van der Waals surface area contributed by atoms with Crippen molar-refractivity contribution in [1.29, 1.82) is 0 Å². The van der Waals surface area contributed by atoms with E-state index >= 15 is 0 Å². The van der Waals surface area contributed by atoms with Gasteiger partial charge in [0, 0.05) is 12.7 Å². The van der Waals surface area contributed by atoms with E-state index in [9.17, 15) is 4.79 Å². The third kappa shape index (κ3) is 4.44. The van der Waals surface area contributed by atoms with Gasteiger partial charge < -0.3 is 10.1 Å². The molecule has 0 bridgehead atoms. The highest BCUT2D eigenvalue weighted by atomic mass is 16.6. The first kappa shape index (κ1) is 12.7. The number of carbonyl (C=O) groups is 1. The van der Waals surface area contributed by atoms with Crippen LogP contribution in [-0.4, -0.2) is 28.4 Å². The van der Waals surface area contributed by atoms with Gasteiger partial charge in [-0.15, -0.1) is 0 Å². The monoisotopic (exact) mass is 225 g/mol. The maximum absolute atomic E-state index is 11.5. The lowest BCUT2D eigenvalue weighted by atomic mass is 10.2. The van der Waals surface area contributed by atoms with E-state index in [1.54, 1.807) is 10.9 Å². The Morgan fingerprint density at radius 3 is 2.81 bits per heavy atom. The van der Waals surface area contributed by atoms with Crippen LogP contribution in [0.5, 0.6) is 0 Å². The smallest absolute Gasteiger partial charge is 0.328 e.